The van der Waals surface area contributed by atoms with Gasteiger partial charge in [-0.25, -0.2) is 0 Å². The van der Waals surface area contributed by atoms with E-state index in [2.05, 4.69) is 26.1 Å². The summed E-state index contributed by atoms with van der Waals surface area (Å²) in [4.78, 5) is 13.9. The highest BCUT2D eigenvalue weighted by Gasteiger charge is 2.19. The monoisotopic (exact) mass is 311 g/mol. The summed E-state index contributed by atoms with van der Waals surface area (Å²) in [6.07, 6.45) is 0. The third-order valence-electron chi connectivity index (χ3n) is 2.71. The molecule has 2 rings (SSSR count). The van der Waals surface area contributed by atoms with Crippen molar-refractivity contribution in [1.82, 2.24) is 15.1 Å². The van der Waals surface area contributed by atoms with Crippen molar-refractivity contribution in [3.05, 3.63) is 39.5 Å². The molecule has 5 nitrogen and oxygen atoms in total. The number of halogens is 1. The first-order chi connectivity index (χ1) is 8.49. The molecule has 18 heavy (non-hydrogen) atoms. The van der Waals surface area contributed by atoms with Gasteiger partial charge in [0.1, 0.15) is 5.76 Å². The predicted octanol–water partition coefficient (Wildman–Crippen LogP) is 2.65. The summed E-state index contributed by atoms with van der Waals surface area (Å²) in [5.41, 5.74) is 2.12. The number of nitrogens with one attached hydrogen (secondary N) is 1. The molecule has 0 bridgehead atoms. The fraction of sp³-hybridized carbons (Fsp3) is 0.333. The fourth-order valence-electron chi connectivity index (χ4n) is 1.80. The van der Waals surface area contributed by atoms with Crippen LogP contribution >= 0.6 is 15.9 Å². The van der Waals surface area contributed by atoms with Crippen molar-refractivity contribution in [3.63, 3.8) is 0 Å². The van der Waals surface area contributed by atoms with E-state index in [4.69, 9.17) is 4.42 Å². The number of carbonyl (C=O) groups is 1. The SMILES string of the molecule is Cc1n[nH]c(C)c1C(=O)N(C)Cc1ccc(Br)o1. The third-order valence-corrected chi connectivity index (χ3v) is 3.14. The molecule has 0 radical (unpaired) electrons. The van der Waals surface area contributed by atoms with Crippen molar-refractivity contribution in [2.24, 2.45) is 0 Å². The van der Waals surface area contributed by atoms with Crippen LogP contribution in [-0.2, 0) is 6.54 Å². The van der Waals surface area contributed by atoms with Crippen LogP contribution in [0.15, 0.2) is 21.2 Å². The van der Waals surface area contributed by atoms with E-state index in [1.165, 1.54) is 0 Å². The second-order valence-electron chi connectivity index (χ2n) is 4.18. The summed E-state index contributed by atoms with van der Waals surface area (Å²) in [5, 5.41) is 6.84. The molecule has 0 saturated heterocycles. The molecule has 0 aromatic carbocycles. The molecule has 0 fully saturated rings. The smallest absolute Gasteiger partial charge is 0.257 e. The van der Waals surface area contributed by atoms with Crippen LogP contribution in [0.3, 0.4) is 0 Å². The first-order valence-electron chi connectivity index (χ1n) is 5.50. The van der Waals surface area contributed by atoms with Gasteiger partial charge in [0, 0.05) is 12.7 Å². The largest absolute Gasteiger partial charge is 0.452 e. The van der Waals surface area contributed by atoms with Crippen LogP contribution in [0.25, 0.3) is 0 Å². The minimum Gasteiger partial charge on any atom is -0.452 e. The van der Waals surface area contributed by atoms with Gasteiger partial charge in [-0.3, -0.25) is 9.89 Å². The van der Waals surface area contributed by atoms with Crippen LogP contribution in [0, 0.1) is 13.8 Å². The van der Waals surface area contributed by atoms with Gasteiger partial charge in [0.25, 0.3) is 5.91 Å². The number of aryl methyl sites for hydroxylation is 2. The second-order valence-corrected chi connectivity index (χ2v) is 4.96. The Bertz CT molecular complexity index is 554. The van der Waals surface area contributed by atoms with Gasteiger partial charge in [-0.2, -0.15) is 5.10 Å². The number of H-pyrrole nitrogens is 1. The lowest BCUT2D eigenvalue weighted by atomic mass is 10.1. The zero-order valence-electron chi connectivity index (χ0n) is 10.5. The quantitative estimate of drug-likeness (QED) is 0.948. The molecule has 2 aromatic rings. The Balaban J connectivity index is 2.14. The molecule has 6 heteroatoms. The standard InChI is InChI=1S/C12H14BrN3O2/c1-7-11(8(2)15-14-7)12(17)16(3)6-9-4-5-10(13)18-9/h4-5H,6H2,1-3H3,(H,14,15). The molecule has 2 heterocycles. The number of furan rings is 1. The third kappa shape index (κ3) is 2.48. The van der Waals surface area contributed by atoms with Crippen molar-refractivity contribution in [2.75, 3.05) is 7.05 Å². The average Bonchev–Trinajstić information content (AvgIpc) is 2.85. The highest BCUT2D eigenvalue weighted by molar-refractivity contribution is 9.10. The van der Waals surface area contributed by atoms with Crippen molar-refractivity contribution < 1.29 is 9.21 Å². The lowest BCUT2D eigenvalue weighted by molar-refractivity contribution is 0.0773. The van der Waals surface area contributed by atoms with E-state index in [-0.39, 0.29) is 5.91 Å². The van der Waals surface area contributed by atoms with Crippen LogP contribution in [0.5, 0.6) is 0 Å². The number of aromatic amines is 1. The van der Waals surface area contributed by atoms with Crippen LogP contribution in [0.1, 0.15) is 27.5 Å². The molecular weight excluding hydrogens is 298 g/mol. The molecule has 0 unspecified atom stereocenters. The van der Waals surface area contributed by atoms with E-state index in [0.717, 1.165) is 11.5 Å². The maximum absolute atomic E-state index is 12.3. The summed E-state index contributed by atoms with van der Waals surface area (Å²) in [7, 11) is 1.74. The van der Waals surface area contributed by atoms with Gasteiger partial charge in [0.05, 0.1) is 17.8 Å². The Morgan fingerprint density at radius 1 is 1.50 bits per heavy atom. The molecule has 0 spiro atoms. The van der Waals surface area contributed by atoms with E-state index in [0.29, 0.717) is 22.5 Å². The van der Waals surface area contributed by atoms with Crippen molar-refractivity contribution in [1.29, 1.82) is 0 Å². The zero-order valence-corrected chi connectivity index (χ0v) is 12.0. The number of carbonyl (C=O) groups excluding carboxylic acids is 1. The highest BCUT2D eigenvalue weighted by Crippen LogP contribution is 2.17. The number of nitrogens with zero attached hydrogens (tertiary/aromatic N) is 2. The van der Waals surface area contributed by atoms with Gasteiger partial charge in [-0.1, -0.05) is 0 Å². The van der Waals surface area contributed by atoms with Gasteiger partial charge in [0.15, 0.2) is 4.67 Å². The van der Waals surface area contributed by atoms with E-state index in [1.54, 1.807) is 11.9 Å². The topological polar surface area (TPSA) is 62.1 Å². The van der Waals surface area contributed by atoms with Gasteiger partial charge in [-0.15, -0.1) is 0 Å². The number of aromatic nitrogens is 2. The Labute approximate surface area is 113 Å². The van der Waals surface area contributed by atoms with Crippen molar-refractivity contribution in [3.8, 4) is 0 Å². The van der Waals surface area contributed by atoms with Gasteiger partial charge < -0.3 is 9.32 Å². The molecule has 0 aliphatic heterocycles. The van der Waals surface area contributed by atoms with E-state index >= 15 is 0 Å². The average molecular weight is 312 g/mol. The maximum Gasteiger partial charge on any atom is 0.257 e. The maximum atomic E-state index is 12.3. The van der Waals surface area contributed by atoms with Crippen LogP contribution in [0.4, 0.5) is 0 Å². The van der Waals surface area contributed by atoms with E-state index in [1.807, 2.05) is 26.0 Å². The summed E-state index contributed by atoms with van der Waals surface area (Å²) in [6, 6.07) is 3.64. The normalized spacial score (nSPS) is 10.7. The minimum absolute atomic E-state index is 0.0636. The highest BCUT2D eigenvalue weighted by atomic mass is 79.9. The molecule has 0 aliphatic carbocycles. The van der Waals surface area contributed by atoms with Crippen molar-refractivity contribution >= 4 is 21.8 Å². The molecule has 1 N–H and O–H groups in total. The van der Waals surface area contributed by atoms with Gasteiger partial charge in [-0.05, 0) is 41.9 Å². The molecule has 0 atom stereocenters. The minimum atomic E-state index is -0.0636. The predicted molar refractivity (Wildman–Crippen MR) is 70.3 cm³/mol. The van der Waals surface area contributed by atoms with E-state index < -0.39 is 0 Å². The molecule has 0 aliphatic rings. The number of amides is 1. The Hall–Kier alpha value is -1.56. The first kappa shape index (κ1) is 12.9. The number of rotatable bonds is 3. The van der Waals surface area contributed by atoms with Gasteiger partial charge in [0.2, 0.25) is 0 Å². The number of hydrogen-bond acceptors (Lipinski definition) is 3. The second kappa shape index (κ2) is 4.97. The lowest BCUT2D eigenvalue weighted by Crippen LogP contribution is -2.26. The first-order valence-corrected chi connectivity index (χ1v) is 6.29. The molecular formula is C12H14BrN3O2. The Kier molecular flexibility index (Phi) is 3.56. The Morgan fingerprint density at radius 3 is 2.72 bits per heavy atom. The van der Waals surface area contributed by atoms with Crippen LogP contribution in [-0.4, -0.2) is 28.1 Å². The summed E-state index contributed by atoms with van der Waals surface area (Å²) < 4.78 is 6.04. The van der Waals surface area contributed by atoms with Crippen LogP contribution < -0.4 is 0 Å². The summed E-state index contributed by atoms with van der Waals surface area (Å²) >= 11 is 3.24. The van der Waals surface area contributed by atoms with E-state index in [9.17, 15) is 4.79 Å². The fourth-order valence-corrected chi connectivity index (χ4v) is 2.14. The molecule has 96 valence electrons. The number of hydrogen-bond donors (Lipinski definition) is 1. The van der Waals surface area contributed by atoms with Gasteiger partial charge >= 0.3 is 0 Å². The summed E-state index contributed by atoms with van der Waals surface area (Å²) in [6.45, 7) is 4.08. The summed E-state index contributed by atoms with van der Waals surface area (Å²) in [5.74, 6) is 0.669. The molecule has 1 amide bonds. The zero-order chi connectivity index (χ0) is 13.3. The lowest BCUT2D eigenvalue weighted by Gasteiger charge is -2.15. The Morgan fingerprint density at radius 2 is 2.22 bits per heavy atom. The molecule has 2 aromatic heterocycles. The molecule has 0 saturated carbocycles. The van der Waals surface area contributed by atoms with Crippen molar-refractivity contribution in [2.45, 2.75) is 20.4 Å². The van der Waals surface area contributed by atoms with Crippen LogP contribution in [0.2, 0.25) is 0 Å².